The van der Waals surface area contributed by atoms with Crippen molar-refractivity contribution in [2.45, 2.75) is 108 Å². The Morgan fingerprint density at radius 1 is 0.907 bits per heavy atom. The second kappa shape index (κ2) is 19.7. The first kappa shape index (κ1) is 37.6. The fourth-order valence-electron chi connectivity index (χ4n) is 4.91. The first-order chi connectivity index (χ1) is 20.7. The summed E-state index contributed by atoms with van der Waals surface area (Å²) in [5.41, 5.74) is 12.5. The quantitative estimate of drug-likeness (QED) is 0.316. The van der Waals surface area contributed by atoms with Gasteiger partial charge < -0.3 is 15.5 Å². The van der Waals surface area contributed by atoms with Crippen molar-refractivity contribution in [2.75, 3.05) is 19.6 Å². The average Bonchev–Trinajstić information content (AvgIpc) is 3.21. The number of hydrogen-bond acceptors (Lipinski definition) is 4. The van der Waals surface area contributed by atoms with E-state index in [-0.39, 0.29) is 11.8 Å². The maximum atomic E-state index is 13.2. The van der Waals surface area contributed by atoms with Crippen LogP contribution in [0.1, 0.15) is 123 Å². The smallest absolute Gasteiger partial charge is 0.254 e. The summed E-state index contributed by atoms with van der Waals surface area (Å²) in [4.78, 5) is 34.4. The molecule has 0 atom stereocenters. The lowest BCUT2D eigenvalue weighted by atomic mass is 9.98. The van der Waals surface area contributed by atoms with E-state index in [1.807, 2.05) is 67.8 Å². The van der Waals surface area contributed by atoms with E-state index < -0.39 is 0 Å². The Bertz CT molecular complexity index is 1220. The Morgan fingerprint density at radius 2 is 1.49 bits per heavy atom. The van der Waals surface area contributed by atoms with Crippen LogP contribution in [0.2, 0.25) is 0 Å². The highest BCUT2D eigenvalue weighted by Gasteiger charge is 2.28. The second-order valence-electron chi connectivity index (χ2n) is 11.0. The van der Waals surface area contributed by atoms with Crippen molar-refractivity contribution in [1.29, 1.82) is 0 Å². The predicted molar refractivity (Wildman–Crippen MR) is 186 cm³/mol. The second-order valence-corrected chi connectivity index (χ2v) is 11.0. The van der Waals surface area contributed by atoms with E-state index in [0.29, 0.717) is 30.3 Å². The van der Waals surface area contributed by atoms with Gasteiger partial charge in [0.15, 0.2) is 0 Å². The Hall–Kier alpha value is -3.41. The van der Waals surface area contributed by atoms with Crippen LogP contribution >= 0.6 is 0 Å². The molecule has 2 aromatic carbocycles. The van der Waals surface area contributed by atoms with Crippen LogP contribution in [0.5, 0.6) is 0 Å². The number of carbonyl (C=O) groups is 2. The lowest BCUT2D eigenvalue weighted by Crippen LogP contribution is -2.34. The van der Waals surface area contributed by atoms with Crippen LogP contribution in [-0.2, 0) is 11.3 Å². The number of aliphatic imine (C=N–C) groups is 1. The number of amidine groups is 1. The van der Waals surface area contributed by atoms with Crippen LogP contribution < -0.4 is 5.73 Å². The highest BCUT2D eigenvalue weighted by atomic mass is 16.2. The topological polar surface area (TPSA) is 79.0 Å². The molecule has 2 aromatic rings. The standard InChI is InChI=1S/C29H36N4O2.C4H10.2C2H6/c1-5-11-32(12-6-2)28(34)23-14-22-8-7-21(15-26(22)31-27(30)16-23)20-9-10-25-24(13-20)18-33(29(25)35)17-19(3)4;1-3-4-2;2*1-2/h7-10,13-15,19H,5-6,11-12,16-18H2,1-4H3,(H2,30,31);3-4H2,1-2H3;2*1-2H3. The molecule has 43 heavy (non-hydrogen) atoms. The van der Waals surface area contributed by atoms with Crippen LogP contribution in [0, 0.1) is 5.92 Å². The summed E-state index contributed by atoms with van der Waals surface area (Å²) in [6, 6.07) is 12.1. The summed E-state index contributed by atoms with van der Waals surface area (Å²) >= 11 is 0. The third kappa shape index (κ3) is 10.7. The van der Waals surface area contributed by atoms with Gasteiger partial charge in [-0.1, -0.05) is 100 Å². The molecule has 0 saturated carbocycles. The molecule has 2 N–H and O–H groups in total. The number of unbranched alkanes of at least 4 members (excludes halogenated alkanes) is 1. The summed E-state index contributed by atoms with van der Waals surface area (Å²) in [6.45, 7) is 23.7. The molecule has 2 aliphatic rings. The minimum Gasteiger partial charge on any atom is -0.387 e. The number of amides is 2. The fraction of sp³-hybridized carbons (Fsp3) is 0.541. The van der Waals surface area contributed by atoms with Gasteiger partial charge in [-0.3, -0.25) is 9.59 Å². The molecule has 2 heterocycles. The molecule has 2 amide bonds. The van der Waals surface area contributed by atoms with Crippen molar-refractivity contribution < 1.29 is 9.59 Å². The summed E-state index contributed by atoms with van der Waals surface area (Å²) in [5, 5.41) is 0. The van der Waals surface area contributed by atoms with Gasteiger partial charge in [0.2, 0.25) is 5.91 Å². The largest absolute Gasteiger partial charge is 0.387 e. The van der Waals surface area contributed by atoms with E-state index >= 15 is 0 Å². The molecule has 0 radical (unpaired) electrons. The highest BCUT2D eigenvalue weighted by Crippen LogP contribution is 2.34. The van der Waals surface area contributed by atoms with E-state index in [2.05, 4.69) is 58.7 Å². The average molecular weight is 591 g/mol. The first-order valence-electron chi connectivity index (χ1n) is 16.6. The molecular formula is C37H58N4O2. The van der Waals surface area contributed by atoms with Crippen LogP contribution in [0.25, 0.3) is 17.2 Å². The van der Waals surface area contributed by atoms with Gasteiger partial charge in [0.05, 0.1) is 5.69 Å². The summed E-state index contributed by atoms with van der Waals surface area (Å²) in [6.07, 6.45) is 6.77. The Kier molecular flexibility index (Phi) is 17.2. The van der Waals surface area contributed by atoms with Crippen molar-refractivity contribution in [3.05, 3.63) is 58.7 Å². The maximum absolute atomic E-state index is 13.2. The molecule has 2 aliphatic heterocycles. The van der Waals surface area contributed by atoms with E-state index in [4.69, 9.17) is 5.73 Å². The molecule has 0 aliphatic carbocycles. The molecule has 0 bridgehead atoms. The number of rotatable bonds is 9. The van der Waals surface area contributed by atoms with Gasteiger partial charge in [0, 0.05) is 49.3 Å². The van der Waals surface area contributed by atoms with Crippen molar-refractivity contribution in [3.8, 4) is 11.1 Å². The van der Waals surface area contributed by atoms with Crippen LogP contribution in [0.3, 0.4) is 0 Å². The molecule has 6 heteroatoms. The van der Waals surface area contributed by atoms with Gasteiger partial charge in [0.1, 0.15) is 5.84 Å². The van der Waals surface area contributed by atoms with E-state index in [1.54, 1.807) is 0 Å². The van der Waals surface area contributed by atoms with E-state index in [9.17, 15) is 9.59 Å². The van der Waals surface area contributed by atoms with Gasteiger partial charge in [-0.2, -0.15) is 0 Å². The van der Waals surface area contributed by atoms with Crippen molar-refractivity contribution in [3.63, 3.8) is 0 Å². The number of hydrogen-bond donors (Lipinski definition) is 1. The minimum atomic E-state index is 0.0398. The lowest BCUT2D eigenvalue weighted by Gasteiger charge is -2.22. The summed E-state index contributed by atoms with van der Waals surface area (Å²) in [7, 11) is 0. The van der Waals surface area contributed by atoms with Crippen molar-refractivity contribution >= 4 is 29.4 Å². The molecule has 0 unspecified atom stereocenters. The Morgan fingerprint density at radius 3 is 2.05 bits per heavy atom. The number of nitrogens with zero attached hydrogens (tertiary/aromatic N) is 3. The van der Waals surface area contributed by atoms with Gasteiger partial charge in [-0.15, -0.1) is 0 Å². The Balaban J connectivity index is 0.00000105. The van der Waals surface area contributed by atoms with Crippen LogP contribution in [0.4, 0.5) is 5.69 Å². The van der Waals surface area contributed by atoms with Crippen LogP contribution in [0.15, 0.2) is 47.0 Å². The summed E-state index contributed by atoms with van der Waals surface area (Å²) < 4.78 is 0. The molecule has 0 saturated heterocycles. The molecular weight excluding hydrogens is 532 g/mol. The fourth-order valence-corrected chi connectivity index (χ4v) is 4.91. The van der Waals surface area contributed by atoms with Crippen LogP contribution in [-0.4, -0.2) is 47.1 Å². The third-order valence-corrected chi connectivity index (χ3v) is 6.95. The summed E-state index contributed by atoms with van der Waals surface area (Å²) in [5.74, 6) is 1.03. The van der Waals surface area contributed by atoms with Crippen molar-refractivity contribution in [2.24, 2.45) is 16.6 Å². The van der Waals surface area contributed by atoms with Gasteiger partial charge >= 0.3 is 0 Å². The van der Waals surface area contributed by atoms with Gasteiger partial charge in [-0.05, 0) is 59.7 Å². The zero-order chi connectivity index (χ0) is 32.5. The number of fused-ring (bicyclic) bond motifs is 2. The molecule has 0 spiro atoms. The number of nitrogens with two attached hydrogens (primary N) is 1. The number of benzene rings is 2. The SMILES string of the molecule is CC.CC.CCCC.CCCN(CCC)C(=O)C1=Cc2ccc(-c3ccc4c(c3)CN(CC(C)C)C4=O)cc2N=C(N)C1. The van der Waals surface area contributed by atoms with Gasteiger partial charge in [-0.25, -0.2) is 4.99 Å². The maximum Gasteiger partial charge on any atom is 0.254 e. The highest BCUT2D eigenvalue weighted by molar-refractivity contribution is 6.05. The monoisotopic (exact) mass is 590 g/mol. The molecule has 6 nitrogen and oxygen atoms in total. The van der Waals surface area contributed by atoms with E-state index in [0.717, 1.165) is 66.0 Å². The number of carbonyl (C=O) groups excluding carboxylic acids is 2. The molecule has 0 fully saturated rings. The minimum absolute atomic E-state index is 0.0398. The molecule has 4 rings (SSSR count). The van der Waals surface area contributed by atoms with Gasteiger partial charge in [0.25, 0.3) is 5.91 Å². The van der Waals surface area contributed by atoms with E-state index in [1.165, 1.54) is 12.8 Å². The first-order valence-corrected chi connectivity index (χ1v) is 16.6. The normalized spacial score (nSPS) is 13.1. The van der Waals surface area contributed by atoms with Crippen molar-refractivity contribution in [1.82, 2.24) is 9.80 Å². The Labute approximate surface area is 262 Å². The molecule has 0 aromatic heterocycles. The lowest BCUT2D eigenvalue weighted by molar-refractivity contribution is -0.127. The predicted octanol–water partition coefficient (Wildman–Crippen LogP) is 9.25. The zero-order valence-electron chi connectivity index (χ0n) is 28.7. The molecule has 238 valence electrons. The zero-order valence-corrected chi connectivity index (χ0v) is 28.7. The third-order valence-electron chi connectivity index (χ3n) is 6.95.